The van der Waals surface area contributed by atoms with Gasteiger partial charge in [0, 0.05) is 15.8 Å². The Labute approximate surface area is 167 Å². The van der Waals surface area contributed by atoms with E-state index in [1.165, 1.54) is 26.0 Å². The maximum Gasteiger partial charge on any atom is 0.320 e. The van der Waals surface area contributed by atoms with Crippen molar-refractivity contribution >= 4 is 34.6 Å². The van der Waals surface area contributed by atoms with Gasteiger partial charge in [-0.3, -0.25) is 9.59 Å². The molecule has 0 aliphatic rings. The Balaban J connectivity index is 2.00. The van der Waals surface area contributed by atoms with Gasteiger partial charge in [-0.1, -0.05) is 30.0 Å². The van der Waals surface area contributed by atoms with Crippen LogP contribution in [0.1, 0.15) is 5.56 Å². The lowest BCUT2D eigenvalue weighted by Crippen LogP contribution is -2.28. The van der Waals surface area contributed by atoms with Crippen molar-refractivity contribution in [1.82, 2.24) is 4.98 Å². The van der Waals surface area contributed by atoms with E-state index in [4.69, 9.17) is 14.2 Å². The lowest BCUT2D eigenvalue weighted by molar-refractivity contribution is -0.158. The number of rotatable bonds is 7. The second-order valence-electron chi connectivity index (χ2n) is 6.06. The van der Waals surface area contributed by atoms with Crippen molar-refractivity contribution in [2.75, 3.05) is 21.3 Å². The van der Waals surface area contributed by atoms with Gasteiger partial charge < -0.3 is 19.2 Å². The lowest BCUT2D eigenvalue weighted by Gasteiger charge is -2.13. The molecule has 0 saturated heterocycles. The molecule has 1 heterocycles. The first-order valence-electron chi connectivity index (χ1n) is 8.64. The van der Waals surface area contributed by atoms with Crippen LogP contribution in [-0.4, -0.2) is 38.3 Å². The Hall–Kier alpha value is -2.93. The van der Waals surface area contributed by atoms with Crippen LogP contribution in [0.2, 0.25) is 0 Å². The third-order valence-electron chi connectivity index (χ3n) is 4.43. The first kappa shape index (κ1) is 19.8. The number of H-pyrrole nitrogens is 1. The number of nitrogens with one attached hydrogen (secondary N) is 1. The molecular weight excluding hydrogens is 378 g/mol. The number of fused-ring (bicyclic) bond motifs is 1. The van der Waals surface area contributed by atoms with Gasteiger partial charge in [0.1, 0.15) is 5.75 Å². The number of carbonyl (C=O) groups excluding carboxylic acids is 2. The highest BCUT2D eigenvalue weighted by Gasteiger charge is 2.31. The van der Waals surface area contributed by atoms with Crippen molar-refractivity contribution < 1.29 is 23.8 Å². The van der Waals surface area contributed by atoms with Crippen molar-refractivity contribution in [3.63, 3.8) is 0 Å². The van der Waals surface area contributed by atoms with Crippen molar-refractivity contribution in [3.05, 3.63) is 54.1 Å². The molecule has 0 unspecified atom stereocenters. The number of aromatic amines is 1. The molecule has 2 aromatic carbocycles. The number of aromatic nitrogens is 1. The van der Waals surface area contributed by atoms with Gasteiger partial charge in [0.25, 0.3) is 0 Å². The van der Waals surface area contributed by atoms with E-state index in [0.717, 1.165) is 32.1 Å². The second kappa shape index (κ2) is 8.84. The zero-order chi connectivity index (χ0) is 20.1. The van der Waals surface area contributed by atoms with E-state index in [1.54, 1.807) is 7.11 Å². The molecule has 0 radical (unpaired) electrons. The highest BCUT2D eigenvalue weighted by molar-refractivity contribution is 7.99. The quantitative estimate of drug-likeness (QED) is 0.481. The summed E-state index contributed by atoms with van der Waals surface area (Å²) in [5, 5.41) is 1.82. The van der Waals surface area contributed by atoms with E-state index in [2.05, 4.69) is 4.98 Å². The summed E-state index contributed by atoms with van der Waals surface area (Å²) in [6, 6.07) is 15.5. The van der Waals surface area contributed by atoms with Crippen LogP contribution < -0.4 is 4.74 Å². The molecule has 28 heavy (non-hydrogen) atoms. The number of hydrogen-bond acceptors (Lipinski definition) is 6. The maximum absolute atomic E-state index is 12.2. The maximum atomic E-state index is 12.2. The van der Waals surface area contributed by atoms with E-state index in [1.807, 2.05) is 48.5 Å². The smallest absolute Gasteiger partial charge is 0.320 e. The molecule has 1 N–H and O–H groups in total. The summed E-state index contributed by atoms with van der Waals surface area (Å²) in [4.78, 5) is 28.7. The second-order valence-corrected chi connectivity index (χ2v) is 7.14. The molecule has 146 valence electrons. The van der Waals surface area contributed by atoms with Gasteiger partial charge >= 0.3 is 11.9 Å². The molecule has 0 atom stereocenters. The fourth-order valence-electron chi connectivity index (χ4n) is 2.98. The third kappa shape index (κ3) is 4.14. The van der Waals surface area contributed by atoms with Crippen molar-refractivity contribution in [3.8, 4) is 5.75 Å². The Kier molecular flexibility index (Phi) is 6.26. The summed E-state index contributed by atoms with van der Waals surface area (Å²) in [5.74, 6) is -1.47. The third-order valence-corrected chi connectivity index (χ3v) is 5.49. The summed E-state index contributed by atoms with van der Waals surface area (Å²) >= 11 is 1.52. The zero-order valence-electron chi connectivity index (χ0n) is 15.9. The molecule has 3 aromatic rings. The normalized spacial score (nSPS) is 10.9. The van der Waals surface area contributed by atoms with Crippen LogP contribution >= 0.6 is 11.8 Å². The van der Waals surface area contributed by atoms with Crippen LogP contribution in [0, 0.1) is 5.92 Å². The predicted molar refractivity (Wildman–Crippen MR) is 107 cm³/mol. The molecule has 1 aromatic heterocycles. The Morgan fingerprint density at radius 2 is 1.61 bits per heavy atom. The van der Waals surface area contributed by atoms with E-state index >= 15 is 0 Å². The van der Waals surface area contributed by atoms with Gasteiger partial charge in [0.2, 0.25) is 0 Å². The fourth-order valence-corrected chi connectivity index (χ4v) is 3.96. The van der Waals surface area contributed by atoms with Gasteiger partial charge in [0.05, 0.1) is 26.4 Å². The SMILES string of the molecule is COC(=O)C(Cc1c(Sc2ccc(OC)cc2)[nH]c2ccccc12)C(=O)OC. The molecule has 0 spiro atoms. The minimum atomic E-state index is -1.02. The van der Waals surface area contributed by atoms with E-state index in [0.29, 0.717) is 0 Å². The zero-order valence-corrected chi connectivity index (χ0v) is 16.7. The number of methoxy groups -OCH3 is 3. The molecule has 3 rings (SSSR count). The van der Waals surface area contributed by atoms with Crippen LogP contribution in [0.25, 0.3) is 10.9 Å². The van der Waals surface area contributed by atoms with Crippen LogP contribution in [0.3, 0.4) is 0 Å². The minimum absolute atomic E-state index is 0.182. The van der Waals surface area contributed by atoms with Gasteiger partial charge in [-0.25, -0.2) is 0 Å². The fraction of sp³-hybridized carbons (Fsp3) is 0.238. The predicted octanol–water partition coefficient (Wildman–Crippen LogP) is 3.83. The first-order valence-corrected chi connectivity index (χ1v) is 9.46. The summed E-state index contributed by atoms with van der Waals surface area (Å²) in [5.41, 5.74) is 1.80. The highest BCUT2D eigenvalue weighted by Crippen LogP contribution is 2.36. The minimum Gasteiger partial charge on any atom is -0.497 e. The Morgan fingerprint density at radius 3 is 2.21 bits per heavy atom. The van der Waals surface area contributed by atoms with Crippen molar-refractivity contribution in [2.45, 2.75) is 16.3 Å². The summed E-state index contributed by atoms with van der Waals surface area (Å²) in [7, 11) is 4.15. The standard InChI is InChI=1S/C21H21NO5S/c1-25-13-8-10-14(11-9-13)28-19-16(15-6-4-5-7-18(15)22-19)12-17(20(23)26-2)21(24)27-3/h4-11,17,22H,12H2,1-3H3. The van der Waals surface area contributed by atoms with Crippen LogP contribution in [0.15, 0.2) is 58.5 Å². The number of ether oxygens (including phenoxy) is 3. The highest BCUT2D eigenvalue weighted by atomic mass is 32.2. The monoisotopic (exact) mass is 399 g/mol. The van der Waals surface area contributed by atoms with Gasteiger partial charge in [0.15, 0.2) is 5.92 Å². The topological polar surface area (TPSA) is 77.6 Å². The molecule has 0 fully saturated rings. The lowest BCUT2D eigenvalue weighted by atomic mass is 9.99. The van der Waals surface area contributed by atoms with Crippen LogP contribution in [0.5, 0.6) is 5.75 Å². The largest absolute Gasteiger partial charge is 0.497 e. The summed E-state index contributed by atoms with van der Waals surface area (Å²) in [6.45, 7) is 0. The van der Waals surface area contributed by atoms with Gasteiger partial charge in [-0.05, 0) is 42.3 Å². The summed E-state index contributed by atoms with van der Waals surface area (Å²) in [6.07, 6.45) is 0.182. The van der Waals surface area contributed by atoms with Crippen molar-refractivity contribution in [2.24, 2.45) is 5.92 Å². The molecule has 0 amide bonds. The van der Waals surface area contributed by atoms with E-state index < -0.39 is 17.9 Å². The van der Waals surface area contributed by atoms with E-state index in [-0.39, 0.29) is 6.42 Å². The molecule has 6 nitrogen and oxygen atoms in total. The first-order chi connectivity index (χ1) is 13.6. The number of para-hydroxylation sites is 1. The van der Waals surface area contributed by atoms with Gasteiger partial charge in [-0.2, -0.15) is 0 Å². The average Bonchev–Trinajstić information content (AvgIpc) is 3.08. The Bertz CT molecular complexity index is 964. The Morgan fingerprint density at radius 1 is 0.964 bits per heavy atom. The number of benzene rings is 2. The van der Waals surface area contributed by atoms with Gasteiger partial charge in [-0.15, -0.1) is 0 Å². The number of carbonyl (C=O) groups is 2. The van der Waals surface area contributed by atoms with Crippen LogP contribution in [-0.2, 0) is 25.5 Å². The van der Waals surface area contributed by atoms with Crippen molar-refractivity contribution in [1.29, 1.82) is 0 Å². The number of esters is 2. The average molecular weight is 399 g/mol. The molecule has 0 aliphatic carbocycles. The molecule has 7 heteroatoms. The molecule has 0 saturated carbocycles. The number of hydrogen-bond donors (Lipinski definition) is 1. The molecule has 0 bridgehead atoms. The van der Waals surface area contributed by atoms with E-state index in [9.17, 15) is 9.59 Å². The summed E-state index contributed by atoms with van der Waals surface area (Å²) < 4.78 is 14.8. The van der Waals surface area contributed by atoms with Crippen LogP contribution in [0.4, 0.5) is 0 Å². The molecule has 0 aliphatic heterocycles. The molecular formula is C21H21NO5S.